The van der Waals surface area contributed by atoms with Crippen molar-refractivity contribution in [2.75, 3.05) is 13.6 Å². The molecule has 3 aromatic rings. The molecule has 1 aliphatic carbocycles. The molecule has 1 N–H and O–H groups in total. The number of aromatic nitrogens is 2. The summed E-state index contributed by atoms with van der Waals surface area (Å²) in [5.74, 6) is 0.615. The van der Waals surface area contributed by atoms with E-state index in [0.29, 0.717) is 5.92 Å². The number of aliphatic hydroxyl groups excluding tert-OH is 1. The van der Waals surface area contributed by atoms with E-state index in [1.54, 1.807) is 0 Å². The Balaban J connectivity index is 1.65. The summed E-state index contributed by atoms with van der Waals surface area (Å²) in [6.45, 7) is 1.87. The second kappa shape index (κ2) is 6.38. The minimum Gasteiger partial charge on any atom is -0.393 e. The van der Waals surface area contributed by atoms with Crippen molar-refractivity contribution in [3.8, 4) is 11.3 Å². The van der Waals surface area contributed by atoms with Crippen LogP contribution in [0.5, 0.6) is 0 Å². The highest BCUT2D eigenvalue weighted by Crippen LogP contribution is 2.29. The first-order valence-corrected chi connectivity index (χ1v) is 8.58. The topological polar surface area (TPSA) is 40.8 Å². The summed E-state index contributed by atoms with van der Waals surface area (Å²) in [5.41, 5.74) is 4.42. The smallest absolute Gasteiger partial charge is 0.137 e. The first kappa shape index (κ1) is 15.4. The maximum atomic E-state index is 9.49. The van der Waals surface area contributed by atoms with E-state index in [9.17, 15) is 5.11 Å². The summed E-state index contributed by atoms with van der Waals surface area (Å²) in [4.78, 5) is 7.20. The molecule has 0 radical (unpaired) electrons. The molecule has 0 atom stereocenters. The molecule has 1 fully saturated rings. The van der Waals surface area contributed by atoms with Crippen LogP contribution in [0, 0.1) is 5.92 Å². The van der Waals surface area contributed by atoms with Crippen molar-refractivity contribution >= 4 is 5.65 Å². The first-order chi connectivity index (χ1) is 11.7. The van der Waals surface area contributed by atoms with E-state index in [2.05, 4.69) is 58.9 Å². The van der Waals surface area contributed by atoms with E-state index >= 15 is 0 Å². The Bertz CT molecular complexity index is 821. The number of benzene rings is 1. The van der Waals surface area contributed by atoms with Gasteiger partial charge in [0.25, 0.3) is 0 Å². The second-order valence-electron chi connectivity index (χ2n) is 6.89. The van der Waals surface area contributed by atoms with Crippen LogP contribution >= 0.6 is 0 Å². The van der Waals surface area contributed by atoms with Gasteiger partial charge in [-0.2, -0.15) is 0 Å². The van der Waals surface area contributed by atoms with Crippen molar-refractivity contribution in [3.05, 3.63) is 60.4 Å². The van der Waals surface area contributed by atoms with Crippen LogP contribution in [-0.4, -0.2) is 39.1 Å². The zero-order valence-corrected chi connectivity index (χ0v) is 14.0. The molecule has 24 heavy (non-hydrogen) atoms. The van der Waals surface area contributed by atoms with Gasteiger partial charge in [-0.15, -0.1) is 0 Å². The van der Waals surface area contributed by atoms with Gasteiger partial charge in [-0.1, -0.05) is 36.4 Å². The normalized spacial score (nSPS) is 20.5. The lowest BCUT2D eigenvalue weighted by atomic mass is 9.82. The average molecular weight is 321 g/mol. The van der Waals surface area contributed by atoms with Crippen molar-refractivity contribution in [2.24, 2.45) is 5.92 Å². The fraction of sp³-hybridized carbons (Fsp3) is 0.350. The summed E-state index contributed by atoms with van der Waals surface area (Å²) in [6.07, 6.45) is 3.87. The molecule has 0 spiro atoms. The molecule has 0 saturated heterocycles. The molecule has 1 aromatic carbocycles. The van der Waals surface area contributed by atoms with E-state index in [-0.39, 0.29) is 6.10 Å². The molecule has 0 unspecified atom stereocenters. The van der Waals surface area contributed by atoms with Crippen molar-refractivity contribution < 1.29 is 5.11 Å². The zero-order valence-electron chi connectivity index (χ0n) is 14.0. The highest BCUT2D eigenvalue weighted by molar-refractivity contribution is 5.66. The Kier molecular flexibility index (Phi) is 4.08. The lowest BCUT2D eigenvalue weighted by Crippen LogP contribution is -2.37. The van der Waals surface area contributed by atoms with Crippen LogP contribution in [0.3, 0.4) is 0 Å². The van der Waals surface area contributed by atoms with Gasteiger partial charge in [-0.25, -0.2) is 4.98 Å². The minimum absolute atomic E-state index is 0.0842. The first-order valence-electron chi connectivity index (χ1n) is 8.58. The molecular formula is C20H23N3O. The van der Waals surface area contributed by atoms with E-state index in [0.717, 1.165) is 42.8 Å². The third-order valence-electron chi connectivity index (χ3n) is 4.88. The lowest BCUT2D eigenvalue weighted by molar-refractivity contribution is 0.0272. The zero-order chi connectivity index (χ0) is 16.5. The van der Waals surface area contributed by atoms with E-state index in [1.165, 1.54) is 5.69 Å². The molecule has 0 amide bonds. The Morgan fingerprint density at radius 2 is 1.88 bits per heavy atom. The molecule has 2 heterocycles. The Morgan fingerprint density at radius 3 is 2.62 bits per heavy atom. The van der Waals surface area contributed by atoms with Crippen molar-refractivity contribution in [1.82, 2.24) is 14.3 Å². The van der Waals surface area contributed by atoms with Crippen LogP contribution in [0.15, 0.2) is 54.7 Å². The van der Waals surface area contributed by atoms with Crippen LogP contribution in [0.25, 0.3) is 16.9 Å². The van der Waals surface area contributed by atoms with Crippen molar-refractivity contribution in [3.63, 3.8) is 0 Å². The predicted molar refractivity (Wildman–Crippen MR) is 95.7 cm³/mol. The van der Waals surface area contributed by atoms with Crippen LogP contribution < -0.4 is 0 Å². The predicted octanol–water partition coefficient (Wildman–Crippen LogP) is 3.20. The number of rotatable bonds is 5. The van der Waals surface area contributed by atoms with E-state index in [4.69, 9.17) is 4.98 Å². The molecule has 1 saturated carbocycles. The number of hydrogen-bond acceptors (Lipinski definition) is 3. The van der Waals surface area contributed by atoms with Gasteiger partial charge in [0, 0.05) is 24.8 Å². The fourth-order valence-electron chi connectivity index (χ4n) is 3.64. The fourth-order valence-corrected chi connectivity index (χ4v) is 3.64. The maximum absolute atomic E-state index is 9.49. The van der Waals surface area contributed by atoms with Gasteiger partial charge >= 0.3 is 0 Å². The van der Waals surface area contributed by atoms with Crippen LogP contribution in [0.4, 0.5) is 0 Å². The number of fused-ring (bicyclic) bond motifs is 1. The average Bonchev–Trinajstić information content (AvgIpc) is 2.93. The molecule has 4 nitrogen and oxygen atoms in total. The quantitative estimate of drug-likeness (QED) is 0.784. The van der Waals surface area contributed by atoms with Gasteiger partial charge in [-0.05, 0) is 37.9 Å². The van der Waals surface area contributed by atoms with E-state index in [1.807, 2.05) is 12.1 Å². The monoisotopic (exact) mass is 321 g/mol. The maximum Gasteiger partial charge on any atom is 0.137 e. The standard InChI is InChI=1S/C20H23N3O/c1-22(13-15-11-17(24)12-15)14-18-20(16-7-3-2-4-8-16)21-19-9-5-6-10-23(18)19/h2-10,15,17,24H,11-14H2,1H3. The SMILES string of the molecule is CN(Cc1c(-c2ccccc2)nc2ccccn12)CC1CC(O)C1. The largest absolute Gasteiger partial charge is 0.393 e. The van der Waals surface area contributed by atoms with Gasteiger partial charge in [0.2, 0.25) is 0 Å². The highest BCUT2D eigenvalue weighted by Gasteiger charge is 2.28. The van der Waals surface area contributed by atoms with Gasteiger partial charge < -0.3 is 14.4 Å². The minimum atomic E-state index is -0.0842. The second-order valence-corrected chi connectivity index (χ2v) is 6.89. The van der Waals surface area contributed by atoms with Crippen molar-refractivity contribution in [1.29, 1.82) is 0 Å². The van der Waals surface area contributed by atoms with Gasteiger partial charge in [0.1, 0.15) is 5.65 Å². The van der Waals surface area contributed by atoms with E-state index < -0.39 is 0 Å². The Labute approximate surface area is 142 Å². The summed E-state index contributed by atoms with van der Waals surface area (Å²) in [7, 11) is 2.15. The summed E-state index contributed by atoms with van der Waals surface area (Å²) in [6, 6.07) is 16.5. The number of imidazole rings is 1. The molecule has 2 aromatic heterocycles. The summed E-state index contributed by atoms with van der Waals surface area (Å²) < 4.78 is 2.19. The van der Waals surface area contributed by atoms with Crippen LogP contribution in [-0.2, 0) is 6.54 Å². The number of hydrogen-bond donors (Lipinski definition) is 1. The number of aliphatic hydroxyl groups is 1. The molecule has 0 aliphatic heterocycles. The summed E-state index contributed by atoms with van der Waals surface area (Å²) >= 11 is 0. The molecule has 4 heteroatoms. The number of nitrogens with zero attached hydrogens (tertiary/aromatic N) is 3. The highest BCUT2D eigenvalue weighted by atomic mass is 16.3. The van der Waals surface area contributed by atoms with Gasteiger partial charge in [-0.3, -0.25) is 0 Å². The molecule has 124 valence electrons. The Morgan fingerprint density at radius 1 is 1.12 bits per heavy atom. The molecular weight excluding hydrogens is 298 g/mol. The van der Waals surface area contributed by atoms with Crippen LogP contribution in [0.1, 0.15) is 18.5 Å². The third-order valence-corrected chi connectivity index (χ3v) is 4.88. The Hall–Kier alpha value is -2.17. The lowest BCUT2D eigenvalue weighted by Gasteiger charge is -2.34. The number of pyridine rings is 1. The summed E-state index contributed by atoms with van der Waals surface area (Å²) in [5, 5.41) is 9.49. The van der Waals surface area contributed by atoms with Gasteiger partial charge in [0.15, 0.2) is 0 Å². The molecule has 1 aliphatic rings. The van der Waals surface area contributed by atoms with Gasteiger partial charge in [0.05, 0.1) is 17.5 Å². The molecule has 0 bridgehead atoms. The molecule has 4 rings (SSSR count). The third kappa shape index (κ3) is 2.95. The van der Waals surface area contributed by atoms with Crippen LogP contribution in [0.2, 0.25) is 0 Å². The van der Waals surface area contributed by atoms with Crippen molar-refractivity contribution in [2.45, 2.75) is 25.5 Å².